The molecule has 1 fully saturated rings. The number of nitrogens with one attached hydrogen (secondary N) is 1. The maximum Gasteiger partial charge on any atom is 0.316 e. The van der Waals surface area contributed by atoms with E-state index >= 15 is 4.39 Å². The van der Waals surface area contributed by atoms with Crippen LogP contribution in [-0.4, -0.2) is 76.8 Å². The molecule has 0 bridgehead atoms. The van der Waals surface area contributed by atoms with Gasteiger partial charge in [0.25, 0.3) is 5.56 Å². The molecule has 0 spiro atoms. The molecule has 1 saturated heterocycles. The van der Waals surface area contributed by atoms with Crippen LogP contribution in [-0.2, 0) is 6.42 Å². The topological polar surface area (TPSA) is 86.7 Å². The molecule has 2 aromatic heterocycles. The number of piperazine rings is 1. The fourth-order valence-corrected chi connectivity index (χ4v) is 5.48. The maximum atomic E-state index is 15.2. The molecule has 1 aliphatic carbocycles. The lowest BCUT2D eigenvalue weighted by Crippen LogP contribution is -2.46. The van der Waals surface area contributed by atoms with Gasteiger partial charge < -0.3 is 19.5 Å². The number of aliphatic imine (C=N–C) groups is 1. The molecule has 0 amide bonds. The van der Waals surface area contributed by atoms with E-state index in [0.717, 1.165) is 75.1 Å². The number of likely N-dealkylation sites (N-methyl/N-ethyl adjacent to an activating group) is 1. The Labute approximate surface area is 234 Å². The van der Waals surface area contributed by atoms with Gasteiger partial charge in [-0.25, -0.2) is 14.4 Å². The molecule has 1 unspecified atom stereocenters. The van der Waals surface area contributed by atoms with Crippen molar-refractivity contribution in [3.05, 3.63) is 81.3 Å². The van der Waals surface area contributed by atoms with Gasteiger partial charge in [-0.15, -0.1) is 0 Å². The number of hydrogen-bond donors (Lipinski definition) is 1. The van der Waals surface area contributed by atoms with Crippen LogP contribution >= 0.6 is 0 Å². The zero-order valence-electron chi connectivity index (χ0n) is 23.5. The van der Waals surface area contributed by atoms with Crippen LogP contribution in [0.4, 0.5) is 10.1 Å². The molecular formula is C31H37FN6O2. The summed E-state index contributed by atoms with van der Waals surface area (Å²) in [7, 11) is 1.51. The zero-order chi connectivity index (χ0) is 28.1. The predicted octanol–water partition coefficient (Wildman–Crippen LogP) is 4.58. The fourth-order valence-electron chi connectivity index (χ4n) is 5.48. The van der Waals surface area contributed by atoms with Crippen molar-refractivity contribution < 1.29 is 9.13 Å². The Morgan fingerprint density at radius 3 is 2.42 bits per heavy atom. The predicted molar refractivity (Wildman–Crippen MR) is 157 cm³/mol. The quantitative estimate of drug-likeness (QED) is 0.447. The number of methoxy groups -OCH3 is 1. The summed E-state index contributed by atoms with van der Waals surface area (Å²) < 4.78 is 20.3. The number of nitrogens with zero attached hydrogens (tertiary/aromatic N) is 5. The number of H-pyrrole nitrogens is 1. The molecule has 3 aromatic rings. The van der Waals surface area contributed by atoms with E-state index in [1.165, 1.54) is 12.7 Å². The summed E-state index contributed by atoms with van der Waals surface area (Å²) in [5.74, 6) is -0.597. The molecule has 8 nitrogen and oxygen atoms in total. The van der Waals surface area contributed by atoms with E-state index in [1.807, 2.05) is 12.1 Å². The molecule has 1 N–H and O–H groups in total. The summed E-state index contributed by atoms with van der Waals surface area (Å²) in [5.41, 5.74) is 4.38. The van der Waals surface area contributed by atoms with Crippen LogP contribution in [0.1, 0.15) is 48.9 Å². The van der Waals surface area contributed by atoms with Gasteiger partial charge in [0.05, 0.1) is 24.1 Å². The molecule has 9 heteroatoms. The van der Waals surface area contributed by atoms with Crippen molar-refractivity contribution in [2.45, 2.75) is 33.1 Å². The first kappa shape index (κ1) is 27.9. The standard InChI is InChI=1S/C31H37FN6O2/c1-4-22-16-23(24-18-34-31(40-3)35-19-24)17-26-27(32)20-33-30(39)28(26)29(22)36-25-8-6-21(7-9-25)10-11-38-14-12-37(5-2)13-15-38/h6-9,17-20,22H,4-5,10-16H2,1-3H3,(H,33,39). The number of ether oxygens (including phenoxy) is 1. The van der Waals surface area contributed by atoms with Crippen LogP contribution in [0.3, 0.4) is 0 Å². The number of pyridine rings is 1. The van der Waals surface area contributed by atoms with Crippen molar-refractivity contribution >= 4 is 23.0 Å². The minimum atomic E-state index is -0.499. The number of rotatable bonds is 8. The van der Waals surface area contributed by atoms with Crippen molar-refractivity contribution in [2.24, 2.45) is 10.9 Å². The summed E-state index contributed by atoms with van der Waals surface area (Å²) in [6, 6.07) is 8.46. The van der Waals surface area contributed by atoms with E-state index in [1.54, 1.807) is 18.5 Å². The van der Waals surface area contributed by atoms with Crippen LogP contribution in [0.15, 0.2) is 52.6 Å². The van der Waals surface area contributed by atoms with Crippen molar-refractivity contribution in [3.8, 4) is 6.01 Å². The van der Waals surface area contributed by atoms with Gasteiger partial charge in [0, 0.05) is 68.4 Å². The zero-order valence-corrected chi connectivity index (χ0v) is 23.5. The average molecular weight is 545 g/mol. The van der Waals surface area contributed by atoms with Crippen LogP contribution in [0.25, 0.3) is 11.6 Å². The van der Waals surface area contributed by atoms with E-state index in [0.29, 0.717) is 12.1 Å². The van der Waals surface area contributed by atoms with E-state index < -0.39 is 5.82 Å². The largest absolute Gasteiger partial charge is 0.467 e. The molecule has 1 atom stereocenters. The molecule has 40 heavy (non-hydrogen) atoms. The lowest BCUT2D eigenvalue weighted by atomic mass is 9.89. The second kappa shape index (κ2) is 12.7. The molecule has 0 radical (unpaired) electrons. The minimum Gasteiger partial charge on any atom is -0.467 e. The highest BCUT2D eigenvalue weighted by Gasteiger charge is 2.28. The monoisotopic (exact) mass is 544 g/mol. The maximum absolute atomic E-state index is 15.2. The second-order valence-corrected chi connectivity index (χ2v) is 10.4. The first-order valence-electron chi connectivity index (χ1n) is 14.1. The first-order valence-corrected chi connectivity index (χ1v) is 14.1. The molecule has 1 aromatic carbocycles. The molecule has 5 rings (SSSR count). The van der Waals surface area contributed by atoms with Gasteiger partial charge in [-0.2, -0.15) is 0 Å². The van der Waals surface area contributed by atoms with Crippen LogP contribution < -0.4 is 10.3 Å². The Bertz CT molecular complexity index is 1420. The molecule has 3 heterocycles. The van der Waals surface area contributed by atoms with Crippen LogP contribution in [0.5, 0.6) is 6.01 Å². The number of fused-ring (bicyclic) bond motifs is 1. The van der Waals surface area contributed by atoms with Gasteiger partial charge in [0.2, 0.25) is 0 Å². The summed E-state index contributed by atoms with van der Waals surface area (Å²) in [4.78, 5) is 34.1. The summed E-state index contributed by atoms with van der Waals surface area (Å²) in [5, 5.41) is 0. The van der Waals surface area contributed by atoms with Crippen molar-refractivity contribution in [1.29, 1.82) is 0 Å². The molecule has 2 aliphatic rings. The van der Waals surface area contributed by atoms with E-state index in [-0.39, 0.29) is 28.6 Å². The molecule has 1 aliphatic heterocycles. The SMILES string of the molecule is CCC1CC(c2cnc(OC)nc2)=Cc2c(F)c[nH]c(=O)c2C1=Nc1ccc(CCN2CCN(CC)CC2)cc1. The first-order chi connectivity index (χ1) is 19.5. The molecular weight excluding hydrogens is 507 g/mol. The van der Waals surface area contributed by atoms with Gasteiger partial charge >= 0.3 is 6.01 Å². The van der Waals surface area contributed by atoms with Crippen LogP contribution in [0.2, 0.25) is 0 Å². The van der Waals surface area contributed by atoms with Crippen molar-refractivity contribution in [3.63, 3.8) is 0 Å². The Balaban J connectivity index is 1.41. The Morgan fingerprint density at radius 1 is 1.07 bits per heavy atom. The summed E-state index contributed by atoms with van der Waals surface area (Å²) >= 11 is 0. The third kappa shape index (κ3) is 6.21. The highest BCUT2D eigenvalue weighted by atomic mass is 19.1. The van der Waals surface area contributed by atoms with Gasteiger partial charge in [0.15, 0.2) is 0 Å². The van der Waals surface area contributed by atoms with E-state index in [4.69, 9.17) is 9.73 Å². The van der Waals surface area contributed by atoms with Gasteiger partial charge in [0.1, 0.15) is 5.82 Å². The number of halogens is 1. The van der Waals surface area contributed by atoms with E-state index in [9.17, 15) is 4.79 Å². The van der Waals surface area contributed by atoms with Gasteiger partial charge in [-0.3, -0.25) is 9.79 Å². The number of benzene rings is 1. The highest BCUT2D eigenvalue weighted by molar-refractivity contribution is 6.09. The Hall–Kier alpha value is -3.69. The van der Waals surface area contributed by atoms with Gasteiger partial charge in [-0.05, 0) is 55.2 Å². The Morgan fingerprint density at radius 2 is 1.77 bits per heavy atom. The summed E-state index contributed by atoms with van der Waals surface area (Å²) in [6.07, 6.45) is 8.46. The van der Waals surface area contributed by atoms with Crippen molar-refractivity contribution in [2.75, 3.05) is 46.4 Å². The minimum absolute atomic E-state index is 0.0982. The third-order valence-corrected chi connectivity index (χ3v) is 8.00. The highest BCUT2D eigenvalue weighted by Crippen LogP contribution is 2.35. The number of aromatic nitrogens is 3. The average Bonchev–Trinajstić information content (AvgIpc) is 3.16. The fraction of sp³-hybridized carbons (Fsp3) is 0.419. The smallest absolute Gasteiger partial charge is 0.316 e. The lowest BCUT2D eigenvalue weighted by molar-refractivity contribution is 0.138. The number of hydrogen-bond acceptors (Lipinski definition) is 7. The lowest BCUT2D eigenvalue weighted by Gasteiger charge is -2.34. The Kier molecular flexibility index (Phi) is 8.81. The summed E-state index contributed by atoms with van der Waals surface area (Å²) in [6.45, 7) is 10.9. The third-order valence-electron chi connectivity index (χ3n) is 8.00. The molecule has 210 valence electrons. The van der Waals surface area contributed by atoms with Gasteiger partial charge in [-0.1, -0.05) is 26.0 Å². The molecule has 0 saturated carbocycles. The normalized spacial score (nSPS) is 19.2. The second-order valence-electron chi connectivity index (χ2n) is 10.4. The van der Waals surface area contributed by atoms with E-state index in [2.05, 4.69) is 50.7 Å². The number of allylic oxidation sites excluding steroid dienone is 1. The van der Waals surface area contributed by atoms with Crippen LogP contribution in [0, 0.1) is 11.7 Å². The number of aromatic amines is 1. The van der Waals surface area contributed by atoms with Crippen molar-refractivity contribution in [1.82, 2.24) is 24.8 Å².